The van der Waals surface area contributed by atoms with Crippen LogP contribution in [-0.4, -0.2) is 43.0 Å². The Bertz CT molecular complexity index is 1080. The van der Waals surface area contributed by atoms with Crippen molar-refractivity contribution in [3.63, 3.8) is 0 Å². The molecule has 34 heavy (non-hydrogen) atoms. The lowest BCUT2D eigenvalue weighted by molar-refractivity contribution is 0.0762. The van der Waals surface area contributed by atoms with Gasteiger partial charge in [-0.3, -0.25) is 9.59 Å². The summed E-state index contributed by atoms with van der Waals surface area (Å²) in [6.45, 7) is 2.35. The Balaban J connectivity index is 1.32. The molecule has 6 nitrogen and oxygen atoms in total. The SMILES string of the molecule is O=C(Nc1ccccc1C(=O)N1CCCCCC1)c1ccc(OCCOc2ccccc2)cc1. The molecule has 0 spiro atoms. The van der Waals surface area contributed by atoms with Gasteiger partial charge in [-0.1, -0.05) is 43.2 Å². The van der Waals surface area contributed by atoms with Crippen LogP contribution in [0.4, 0.5) is 5.69 Å². The third-order valence-corrected chi connectivity index (χ3v) is 5.78. The lowest BCUT2D eigenvalue weighted by Crippen LogP contribution is -2.32. The maximum atomic E-state index is 13.1. The van der Waals surface area contributed by atoms with Crippen LogP contribution in [0.5, 0.6) is 11.5 Å². The molecule has 1 aliphatic heterocycles. The summed E-state index contributed by atoms with van der Waals surface area (Å²) in [6.07, 6.45) is 4.35. The normalized spacial score (nSPS) is 13.6. The summed E-state index contributed by atoms with van der Waals surface area (Å²) in [4.78, 5) is 27.8. The number of nitrogens with zero attached hydrogens (tertiary/aromatic N) is 1. The molecular formula is C28H30N2O4. The van der Waals surface area contributed by atoms with Gasteiger partial charge in [0.05, 0.1) is 11.3 Å². The lowest BCUT2D eigenvalue weighted by Gasteiger charge is -2.22. The second-order valence-corrected chi connectivity index (χ2v) is 8.24. The van der Waals surface area contributed by atoms with Crippen molar-refractivity contribution >= 4 is 17.5 Å². The van der Waals surface area contributed by atoms with Gasteiger partial charge in [-0.25, -0.2) is 0 Å². The molecule has 3 aromatic carbocycles. The molecule has 0 unspecified atom stereocenters. The standard InChI is InChI=1S/C28H30N2O4/c31-27(22-14-16-24(17-15-22)34-21-20-33-23-10-4-3-5-11-23)29-26-13-7-6-12-25(26)28(32)30-18-8-1-2-9-19-30/h3-7,10-17H,1-2,8-9,18-21H2,(H,29,31). The zero-order chi connectivity index (χ0) is 23.6. The summed E-state index contributed by atoms with van der Waals surface area (Å²) in [5.41, 5.74) is 1.54. The molecule has 176 valence electrons. The van der Waals surface area contributed by atoms with Gasteiger partial charge in [-0.15, -0.1) is 0 Å². The zero-order valence-corrected chi connectivity index (χ0v) is 19.2. The van der Waals surface area contributed by atoms with Gasteiger partial charge in [-0.05, 0) is 61.4 Å². The van der Waals surface area contributed by atoms with Crippen molar-refractivity contribution in [1.29, 1.82) is 0 Å². The summed E-state index contributed by atoms with van der Waals surface area (Å²) >= 11 is 0. The molecule has 0 saturated carbocycles. The van der Waals surface area contributed by atoms with Gasteiger partial charge in [0.25, 0.3) is 11.8 Å². The second-order valence-electron chi connectivity index (χ2n) is 8.24. The Hall–Kier alpha value is -3.80. The van der Waals surface area contributed by atoms with Crippen molar-refractivity contribution in [1.82, 2.24) is 4.90 Å². The highest BCUT2D eigenvalue weighted by Gasteiger charge is 2.20. The molecule has 1 fully saturated rings. The molecule has 4 rings (SSSR count). The van der Waals surface area contributed by atoms with E-state index in [0.29, 0.717) is 35.8 Å². The van der Waals surface area contributed by atoms with Gasteiger partial charge in [0.2, 0.25) is 0 Å². The van der Waals surface area contributed by atoms with E-state index in [1.165, 1.54) is 0 Å². The number of ether oxygens (including phenoxy) is 2. The monoisotopic (exact) mass is 458 g/mol. The van der Waals surface area contributed by atoms with Crippen LogP contribution in [0.3, 0.4) is 0 Å². The Morgan fingerprint density at radius 2 is 1.29 bits per heavy atom. The number of anilines is 1. The number of amides is 2. The molecular weight excluding hydrogens is 428 g/mol. The Morgan fingerprint density at radius 3 is 1.97 bits per heavy atom. The highest BCUT2D eigenvalue weighted by atomic mass is 16.5. The lowest BCUT2D eigenvalue weighted by atomic mass is 10.1. The summed E-state index contributed by atoms with van der Waals surface area (Å²) in [5, 5.41) is 2.91. The first-order valence-corrected chi connectivity index (χ1v) is 11.8. The maximum Gasteiger partial charge on any atom is 0.255 e. The average molecular weight is 459 g/mol. The third-order valence-electron chi connectivity index (χ3n) is 5.78. The summed E-state index contributed by atoms with van der Waals surface area (Å²) in [6, 6.07) is 23.7. The Morgan fingerprint density at radius 1 is 0.706 bits per heavy atom. The van der Waals surface area contributed by atoms with E-state index in [-0.39, 0.29) is 11.8 Å². The van der Waals surface area contributed by atoms with Crippen LogP contribution in [0.2, 0.25) is 0 Å². The van der Waals surface area contributed by atoms with Gasteiger partial charge in [0, 0.05) is 18.7 Å². The average Bonchev–Trinajstić information content (AvgIpc) is 3.17. The first-order chi connectivity index (χ1) is 16.7. The molecule has 1 saturated heterocycles. The fourth-order valence-electron chi connectivity index (χ4n) is 3.96. The number of carbonyl (C=O) groups excluding carboxylic acids is 2. The van der Waals surface area contributed by atoms with E-state index in [1.54, 1.807) is 36.4 Å². The Kier molecular flexibility index (Phi) is 8.17. The number of likely N-dealkylation sites (tertiary alicyclic amines) is 1. The fourth-order valence-corrected chi connectivity index (χ4v) is 3.96. The number of benzene rings is 3. The fraction of sp³-hybridized carbons (Fsp3) is 0.286. The molecule has 0 bridgehead atoms. The maximum absolute atomic E-state index is 13.1. The van der Waals surface area contributed by atoms with Crippen molar-refractivity contribution < 1.29 is 19.1 Å². The number of nitrogens with one attached hydrogen (secondary N) is 1. The number of carbonyl (C=O) groups is 2. The molecule has 1 aliphatic rings. The minimum Gasteiger partial charge on any atom is -0.490 e. The van der Waals surface area contributed by atoms with Gasteiger partial charge >= 0.3 is 0 Å². The largest absolute Gasteiger partial charge is 0.490 e. The molecule has 3 aromatic rings. The number of rotatable bonds is 8. The van der Waals surface area contributed by atoms with Crippen LogP contribution in [0.25, 0.3) is 0 Å². The van der Waals surface area contributed by atoms with Crippen molar-refractivity contribution in [3.8, 4) is 11.5 Å². The van der Waals surface area contributed by atoms with Crippen LogP contribution in [0, 0.1) is 0 Å². The highest BCUT2D eigenvalue weighted by Crippen LogP contribution is 2.21. The molecule has 6 heteroatoms. The summed E-state index contributed by atoms with van der Waals surface area (Å²) in [7, 11) is 0. The molecule has 0 aliphatic carbocycles. The van der Waals surface area contributed by atoms with Gasteiger partial charge in [0.1, 0.15) is 24.7 Å². The predicted molar refractivity (Wildman–Crippen MR) is 133 cm³/mol. The molecule has 1 heterocycles. The first kappa shape index (κ1) is 23.4. The Labute approximate surface area is 200 Å². The topological polar surface area (TPSA) is 67.9 Å². The van der Waals surface area contributed by atoms with E-state index in [0.717, 1.165) is 44.5 Å². The van der Waals surface area contributed by atoms with Gasteiger partial charge in [-0.2, -0.15) is 0 Å². The van der Waals surface area contributed by atoms with E-state index in [2.05, 4.69) is 5.32 Å². The number of para-hydroxylation sites is 2. The smallest absolute Gasteiger partial charge is 0.255 e. The van der Waals surface area contributed by atoms with E-state index in [1.807, 2.05) is 47.4 Å². The zero-order valence-electron chi connectivity index (χ0n) is 19.2. The van der Waals surface area contributed by atoms with E-state index in [9.17, 15) is 9.59 Å². The molecule has 0 radical (unpaired) electrons. The van der Waals surface area contributed by atoms with E-state index >= 15 is 0 Å². The van der Waals surface area contributed by atoms with Crippen molar-refractivity contribution in [2.24, 2.45) is 0 Å². The van der Waals surface area contributed by atoms with Crippen molar-refractivity contribution in [2.45, 2.75) is 25.7 Å². The van der Waals surface area contributed by atoms with Crippen LogP contribution in [-0.2, 0) is 0 Å². The third kappa shape index (κ3) is 6.38. The van der Waals surface area contributed by atoms with Crippen LogP contribution >= 0.6 is 0 Å². The minimum absolute atomic E-state index is 0.0285. The molecule has 0 aromatic heterocycles. The van der Waals surface area contributed by atoms with Crippen LogP contribution in [0.1, 0.15) is 46.4 Å². The number of hydrogen-bond acceptors (Lipinski definition) is 4. The second kappa shape index (κ2) is 11.9. The van der Waals surface area contributed by atoms with Crippen LogP contribution in [0.15, 0.2) is 78.9 Å². The minimum atomic E-state index is -0.268. The first-order valence-electron chi connectivity index (χ1n) is 11.8. The van der Waals surface area contributed by atoms with Crippen molar-refractivity contribution in [3.05, 3.63) is 90.0 Å². The molecule has 2 amide bonds. The number of hydrogen-bond donors (Lipinski definition) is 1. The predicted octanol–water partition coefficient (Wildman–Crippen LogP) is 5.41. The van der Waals surface area contributed by atoms with Gasteiger partial charge in [0.15, 0.2) is 0 Å². The molecule has 1 N–H and O–H groups in total. The quantitative estimate of drug-likeness (QED) is 0.458. The summed E-state index contributed by atoms with van der Waals surface area (Å²) in [5.74, 6) is 1.16. The highest BCUT2D eigenvalue weighted by molar-refractivity contribution is 6.09. The van der Waals surface area contributed by atoms with Gasteiger partial charge < -0.3 is 19.7 Å². The summed E-state index contributed by atoms with van der Waals surface area (Å²) < 4.78 is 11.3. The molecule has 0 atom stereocenters. The van der Waals surface area contributed by atoms with Crippen molar-refractivity contribution in [2.75, 3.05) is 31.6 Å². The van der Waals surface area contributed by atoms with Crippen LogP contribution < -0.4 is 14.8 Å². The van der Waals surface area contributed by atoms with E-state index in [4.69, 9.17) is 9.47 Å². The van der Waals surface area contributed by atoms with E-state index < -0.39 is 0 Å².